The Morgan fingerprint density at radius 3 is 2.53 bits per heavy atom. The first-order valence-corrected chi connectivity index (χ1v) is 5.20. The molecule has 0 amide bonds. The average molecular weight is 203 g/mol. The number of benzene rings is 1. The summed E-state index contributed by atoms with van der Waals surface area (Å²) >= 11 is 0. The van der Waals surface area contributed by atoms with Crippen LogP contribution >= 0.6 is 0 Å². The van der Waals surface area contributed by atoms with Gasteiger partial charge in [-0.15, -0.1) is 0 Å². The van der Waals surface area contributed by atoms with E-state index in [1.165, 1.54) is 10.9 Å². The first kappa shape index (κ1) is 11.5. The SMILES string of the molecule is CC.COc1ccc2c(C)ccnc2c1. The number of hydrogen-bond donors (Lipinski definition) is 0. The van der Waals surface area contributed by atoms with E-state index < -0.39 is 0 Å². The molecule has 0 atom stereocenters. The highest BCUT2D eigenvalue weighted by Crippen LogP contribution is 2.20. The van der Waals surface area contributed by atoms with E-state index in [1.807, 2.05) is 44.3 Å². The lowest BCUT2D eigenvalue weighted by molar-refractivity contribution is 0.415. The average Bonchev–Trinajstić information content (AvgIpc) is 2.31. The minimum atomic E-state index is 0.852. The Morgan fingerprint density at radius 1 is 1.13 bits per heavy atom. The van der Waals surface area contributed by atoms with Crippen LogP contribution in [-0.4, -0.2) is 12.1 Å². The Balaban J connectivity index is 0.000000531. The van der Waals surface area contributed by atoms with Gasteiger partial charge < -0.3 is 4.74 Å². The zero-order valence-corrected chi connectivity index (χ0v) is 9.74. The zero-order valence-electron chi connectivity index (χ0n) is 9.74. The van der Waals surface area contributed by atoms with Crippen LogP contribution in [0.5, 0.6) is 5.75 Å². The smallest absolute Gasteiger partial charge is 0.121 e. The fourth-order valence-corrected chi connectivity index (χ4v) is 1.40. The molecule has 2 aromatic rings. The Morgan fingerprint density at radius 2 is 1.87 bits per heavy atom. The molecule has 0 fully saturated rings. The quantitative estimate of drug-likeness (QED) is 0.706. The highest BCUT2D eigenvalue weighted by molar-refractivity contribution is 5.82. The molecule has 80 valence electrons. The summed E-state index contributed by atoms with van der Waals surface area (Å²) in [5.41, 5.74) is 2.23. The second kappa shape index (κ2) is 5.35. The second-order valence-corrected chi connectivity index (χ2v) is 3.01. The molecule has 0 radical (unpaired) electrons. The molecule has 2 rings (SSSR count). The standard InChI is InChI=1S/C11H11NO.C2H6/c1-8-5-6-12-11-7-9(13-2)3-4-10(8)11;1-2/h3-7H,1-2H3;1-2H3. The molecular weight excluding hydrogens is 186 g/mol. The third-order valence-electron chi connectivity index (χ3n) is 2.17. The Bertz CT molecular complexity index is 437. The molecule has 0 N–H and O–H groups in total. The predicted molar refractivity (Wildman–Crippen MR) is 64.4 cm³/mol. The van der Waals surface area contributed by atoms with Crippen molar-refractivity contribution in [1.29, 1.82) is 0 Å². The highest BCUT2D eigenvalue weighted by atomic mass is 16.5. The number of ether oxygens (including phenoxy) is 1. The molecule has 0 aliphatic heterocycles. The van der Waals surface area contributed by atoms with E-state index in [-0.39, 0.29) is 0 Å². The van der Waals surface area contributed by atoms with Crippen LogP contribution < -0.4 is 4.74 Å². The van der Waals surface area contributed by atoms with Gasteiger partial charge in [-0.2, -0.15) is 0 Å². The third kappa shape index (κ3) is 2.46. The van der Waals surface area contributed by atoms with Crippen LogP contribution in [0.15, 0.2) is 30.5 Å². The van der Waals surface area contributed by atoms with Gasteiger partial charge in [0.2, 0.25) is 0 Å². The zero-order chi connectivity index (χ0) is 11.3. The van der Waals surface area contributed by atoms with Gasteiger partial charge in [0.25, 0.3) is 0 Å². The Labute approximate surface area is 90.9 Å². The summed E-state index contributed by atoms with van der Waals surface area (Å²) in [5, 5.41) is 1.18. The number of nitrogens with zero attached hydrogens (tertiary/aromatic N) is 1. The predicted octanol–water partition coefficient (Wildman–Crippen LogP) is 3.58. The highest BCUT2D eigenvalue weighted by Gasteiger charge is 1.98. The topological polar surface area (TPSA) is 22.1 Å². The van der Waals surface area contributed by atoms with E-state index >= 15 is 0 Å². The van der Waals surface area contributed by atoms with Crippen molar-refractivity contribution in [3.63, 3.8) is 0 Å². The van der Waals surface area contributed by atoms with Gasteiger partial charge in [0.05, 0.1) is 12.6 Å². The molecule has 0 bridgehead atoms. The van der Waals surface area contributed by atoms with Crippen molar-refractivity contribution in [2.24, 2.45) is 0 Å². The molecule has 0 aliphatic carbocycles. The lowest BCUT2D eigenvalue weighted by Gasteiger charge is -2.03. The summed E-state index contributed by atoms with van der Waals surface area (Å²) in [6, 6.07) is 7.95. The molecule has 2 heteroatoms. The molecular formula is C13H17NO. The fourth-order valence-electron chi connectivity index (χ4n) is 1.40. The second-order valence-electron chi connectivity index (χ2n) is 3.01. The lowest BCUT2D eigenvalue weighted by Crippen LogP contribution is -1.85. The molecule has 0 saturated heterocycles. The molecule has 1 heterocycles. The largest absolute Gasteiger partial charge is 0.497 e. The van der Waals surface area contributed by atoms with Crippen LogP contribution in [0.4, 0.5) is 0 Å². The van der Waals surface area contributed by atoms with Gasteiger partial charge in [-0.05, 0) is 30.7 Å². The molecule has 2 nitrogen and oxygen atoms in total. The first-order chi connectivity index (χ1) is 7.31. The van der Waals surface area contributed by atoms with Gasteiger partial charge in [-0.25, -0.2) is 0 Å². The number of hydrogen-bond acceptors (Lipinski definition) is 2. The number of aromatic nitrogens is 1. The third-order valence-corrected chi connectivity index (χ3v) is 2.17. The van der Waals surface area contributed by atoms with Gasteiger partial charge >= 0.3 is 0 Å². The summed E-state index contributed by atoms with van der Waals surface area (Å²) in [5.74, 6) is 0.852. The van der Waals surface area contributed by atoms with Crippen LogP contribution in [0.1, 0.15) is 19.4 Å². The number of rotatable bonds is 1. The number of methoxy groups -OCH3 is 1. The van der Waals surface area contributed by atoms with Crippen LogP contribution in [0.2, 0.25) is 0 Å². The molecule has 0 spiro atoms. The van der Waals surface area contributed by atoms with Gasteiger partial charge in [0.15, 0.2) is 0 Å². The van der Waals surface area contributed by atoms with Crippen molar-refractivity contribution in [3.05, 3.63) is 36.0 Å². The van der Waals surface area contributed by atoms with E-state index in [1.54, 1.807) is 7.11 Å². The van der Waals surface area contributed by atoms with Crippen LogP contribution in [0.3, 0.4) is 0 Å². The van der Waals surface area contributed by atoms with Crippen molar-refractivity contribution in [2.45, 2.75) is 20.8 Å². The van der Waals surface area contributed by atoms with Gasteiger partial charge in [-0.1, -0.05) is 13.8 Å². The fraction of sp³-hybridized carbons (Fsp3) is 0.308. The van der Waals surface area contributed by atoms with Crippen LogP contribution in [0.25, 0.3) is 10.9 Å². The molecule has 1 aromatic heterocycles. The molecule has 0 saturated carbocycles. The van der Waals surface area contributed by atoms with E-state index in [4.69, 9.17) is 4.74 Å². The maximum Gasteiger partial charge on any atom is 0.121 e. The van der Waals surface area contributed by atoms with Crippen LogP contribution in [0, 0.1) is 6.92 Å². The maximum atomic E-state index is 5.12. The monoisotopic (exact) mass is 203 g/mol. The summed E-state index contributed by atoms with van der Waals surface area (Å²) in [7, 11) is 1.66. The molecule has 15 heavy (non-hydrogen) atoms. The van der Waals surface area contributed by atoms with E-state index in [2.05, 4.69) is 11.9 Å². The summed E-state index contributed by atoms with van der Waals surface area (Å²) in [4.78, 5) is 4.27. The van der Waals surface area contributed by atoms with E-state index in [9.17, 15) is 0 Å². The van der Waals surface area contributed by atoms with Gasteiger partial charge in [0, 0.05) is 17.6 Å². The summed E-state index contributed by atoms with van der Waals surface area (Å²) in [6.45, 7) is 6.08. The number of fused-ring (bicyclic) bond motifs is 1. The molecule has 0 aliphatic rings. The number of pyridine rings is 1. The van der Waals surface area contributed by atoms with Gasteiger partial charge in [0.1, 0.15) is 5.75 Å². The van der Waals surface area contributed by atoms with Crippen LogP contribution in [-0.2, 0) is 0 Å². The minimum Gasteiger partial charge on any atom is -0.497 e. The van der Waals surface area contributed by atoms with E-state index in [0.717, 1.165) is 11.3 Å². The lowest BCUT2D eigenvalue weighted by atomic mass is 10.1. The number of aryl methyl sites for hydroxylation is 1. The first-order valence-electron chi connectivity index (χ1n) is 5.20. The minimum absolute atomic E-state index is 0.852. The Kier molecular flexibility index (Phi) is 4.10. The van der Waals surface area contributed by atoms with Crippen molar-refractivity contribution in [1.82, 2.24) is 4.98 Å². The van der Waals surface area contributed by atoms with Crippen molar-refractivity contribution >= 4 is 10.9 Å². The summed E-state index contributed by atoms with van der Waals surface area (Å²) < 4.78 is 5.12. The normalized spacial score (nSPS) is 9.33. The van der Waals surface area contributed by atoms with Gasteiger partial charge in [-0.3, -0.25) is 4.98 Å². The van der Waals surface area contributed by atoms with Crippen molar-refractivity contribution < 1.29 is 4.74 Å². The Hall–Kier alpha value is -1.57. The summed E-state index contributed by atoms with van der Waals surface area (Å²) in [6.07, 6.45) is 1.82. The molecule has 0 unspecified atom stereocenters. The maximum absolute atomic E-state index is 5.12. The molecule has 1 aromatic carbocycles. The van der Waals surface area contributed by atoms with E-state index in [0.29, 0.717) is 0 Å². The van der Waals surface area contributed by atoms with Crippen molar-refractivity contribution in [2.75, 3.05) is 7.11 Å². The van der Waals surface area contributed by atoms with Crippen molar-refractivity contribution in [3.8, 4) is 5.75 Å².